The Balaban J connectivity index is 2.09. The molecule has 0 heterocycles. The number of azo groups is 1. The van der Waals surface area contributed by atoms with E-state index in [0.29, 0.717) is 5.69 Å². The van der Waals surface area contributed by atoms with Crippen LogP contribution >= 0.6 is 0 Å². The second-order valence-electron chi connectivity index (χ2n) is 4.84. The fourth-order valence-electron chi connectivity index (χ4n) is 2.36. The van der Waals surface area contributed by atoms with Gasteiger partial charge < -0.3 is 5.11 Å². The Morgan fingerprint density at radius 3 is 2.48 bits per heavy atom. The van der Waals surface area contributed by atoms with Gasteiger partial charge in [-0.15, -0.1) is 5.11 Å². The summed E-state index contributed by atoms with van der Waals surface area (Å²) >= 11 is 0. The van der Waals surface area contributed by atoms with Crippen molar-refractivity contribution >= 4 is 22.1 Å². The second kappa shape index (κ2) is 5.75. The van der Waals surface area contributed by atoms with Crippen molar-refractivity contribution in [3.63, 3.8) is 0 Å². The summed E-state index contributed by atoms with van der Waals surface area (Å²) in [5, 5.41) is 20.6. The van der Waals surface area contributed by atoms with Crippen molar-refractivity contribution in [3.05, 3.63) is 66.2 Å². The molecule has 0 aliphatic heterocycles. The lowest BCUT2D eigenvalue weighted by Crippen LogP contribution is -1.79. The van der Waals surface area contributed by atoms with Gasteiger partial charge in [0.25, 0.3) is 0 Å². The predicted octanol–water partition coefficient (Wildman–Crippen LogP) is 5.52. The number of rotatable bonds is 3. The first-order valence-corrected chi connectivity index (χ1v) is 7.00. The zero-order valence-corrected chi connectivity index (χ0v) is 11.8. The van der Waals surface area contributed by atoms with Gasteiger partial charge in [-0.1, -0.05) is 55.5 Å². The van der Waals surface area contributed by atoms with E-state index in [9.17, 15) is 5.11 Å². The summed E-state index contributed by atoms with van der Waals surface area (Å²) in [6, 6.07) is 19.3. The molecule has 0 aliphatic carbocycles. The summed E-state index contributed by atoms with van der Waals surface area (Å²) in [5.74, 6) is 0.145. The van der Waals surface area contributed by atoms with E-state index < -0.39 is 0 Å². The van der Waals surface area contributed by atoms with Crippen LogP contribution in [0.25, 0.3) is 10.8 Å². The molecule has 0 radical (unpaired) electrons. The first-order valence-electron chi connectivity index (χ1n) is 7.00. The fourth-order valence-corrected chi connectivity index (χ4v) is 2.36. The van der Waals surface area contributed by atoms with Gasteiger partial charge in [-0.05, 0) is 29.5 Å². The highest BCUT2D eigenvalue weighted by Gasteiger charge is 2.06. The van der Waals surface area contributed by atoms with Gasteiger partial charge >= 0.3 is 0 Å². The molecule has 3 rings (SSSR count). The maximum Gasteiger partial charge on any atom is 0.143 e. The molecule has 3 aromatic rings. The molecule has 0 spiro atoms. The molecule has 0 saturated heterocycles. The van der Waals surface area contributed by atoms with Crippen molar-refractivity contribution in [1.82, 2.24) is 0 Å². The zero-order chi connectivity index (χ0) is 14.7. The van der Waals surface area contributed by atoms with Crippen molar-refractivity contribution in [1.29, 1.82) is 0 Å². The van der Waals surface area contributed by atoms with E-state index in [2.05, 4.69) is 17.2 Å². The molecule has 0 saturated carbocycles. The van der Waals surface area contributed by atoms with Gasteiger partial charge in [0.05, 0.1) is 5.69 Å². The van der Waals surface area contributed by atoms with Crippen LogP contribution in [0.15, 0.2) is 70.9 Å². The lowest BCUT2D eigenvalue weighted by atomic mass is 10.1. The van der Waals surface area contributed by atoms with Gasteiger partial charge in [0.15, 0.2) is 0 Å². The van der Waals surface area contributed by atoms with Crippen LogP contribution in [-0.2, 0) is 6.42 Å². The average molecular weight is 276 g/mol. The van der Waals surface area contributed by atoms with Crippen LogP contribution in [0.2, 0.25) is 0 Å². The van der Waals surface area contributed by atoms with Crippen LogP contribution in [-0.4, -0.2) is 5.11 Å². The maximum absolute atomic E-state index is 10.1. The maximum atomic E-state index is 10.1. The molecule has 0 aliphatic rings. The highest BCUT2D eigenvalue weighted by atomic mass is 16.3. The molecule has 0 atom stereocenters. The Morgan fingerprint density at radius 1 is 0.857 bits per heavy atom. The molecule has 0 fully saturated rings. The van der Waals surface area contributed by atoms with Crippen molar-refractivity contribution in [2.45, 2.75) is 13.3 Å². The minimum atomic E-state index is 0.145. The summed E-state index contributed by atoms with van der Waals surface area (Å²) in [6.45, 7) is 2.09. The number of aromatic hydroxyl groups is 1. The first-order chi connectivity index (χ1) is 10.3. The van der Waals surface area contributed by atoms with Crippen molar-refractivity contribution < 1.29 is 5.11 Å². The summed E-state index contributed by atoms with van der Waals surface area (Å²) < 4.78 is 0. The third-order valence-electron chi connectivity index (χ3n) is 3.51. The van der Waals surface area contributed by atoms with E-state index in [1.807, 2.05) is 54.6 Å². The van der Waals surface area contributed by atoms with Crippen molar-refractivity contribution in [3.8, 4) is 5.75 Å². The minimum absolute atomic E-state index is 0.145. The number of benzene rings is 3. The van der Waals surface area contributed by atoms with E-state index in [1.54, 1.807) is 6.07 Å². The highest BCUT2D eigenvalue weighted by molar-refractivity contribution is 5.95. The van der Waals surface area contributed by atoms with Crippen LogP contribution in [0.3, 0.4) is 0 Å². The lowest BCUT2D eigenvalue weighted by Gasteiger charge is -2.04. The Morgan fingerprint density at radius 2 is 1.62 bits per heavy atom. The van der Waals surface area contributed by atoms with Crippen LogP contribution in [0.4, 0.5) is 11.4 Å². The van der Waals surface area contributed by atoms with Crippen LogP contribution in [0.1, 0.15) is 12.5 Å². The molecule has 3 heteroatoms. The number of phenolic OH excluding ortho intramolecular Hbond substituents is 1. The summed E-state index contributed by atoms with van der Waals surface area (Å²) in [4.78, 5) is 0. The fraction of sp³-hybridized carbons (Fsp3) is 0.111. The molecule has 3 nitrogen and oxygen atoms in total. The lowest BCUT2D eigenvalue weighted by molar-refractivity contribution is 0.477. The Kier molecular flexibility index (Phi) is 3.65. The van der Waals surface area contributed by atoms with Gasteiger partial charge in [0, 0.05) is 5.39 Å². The topological polar surface area (TPSA) is 45.0 Å². The largest absolute Gasteiger partial charge is 0.506 e. The molecular formula is C18H16N2O. The zero-order valence-electron chi connectivity index (χ0n) is 11.8. The van der Waals surface area contributed by atoms with E-state index in [0.717, 1.165) is 28.4 Å². The van der Waals surface area contributed by atoms with Crippen molar-refractivity contribution in [2.75, 3.05) is 0 Å². The number of hydrogen-bond acceptors (Lipinski definition) is 3. The van der Waals surface area contributed by atoms with Crippen molar-refractivity contribution in [2.24, 2.45) is 10.2 Å². The molecule has 0 aromatic heterocycles. The Bertz CT molecular complexity index is 809. The summed E-state index contributed by atoms with van der Waals surface area (Å²) in [5.41, 5.74) is 2.49. The highest BCUT2D eigenvalue weighted by Crippen LogP contribution is 2.36. The average Bonchev–Trinajstić information content (AvgIpc) is 2.54. The molecule has 0 amide bonds. The summed E-state index contributed by atoms with van der Waals surface area (Å²) in [6.07, 6.45) is 0.900. The summed E-state index contributed by atoms with van der Waals surface area (Å²) in [7, 11) is 0. The van der Waals surface area contributed by atoms with Crippen LogP contribution in [0.5, 0.6) is 5.75 Å². The number of aryl methyl sites for hydroxylation is 1. The first kappa shape index (κ1) is 13.3. The molecule has 1 N–H and O–H groups in total. The SMILES string of the molecule is CCc1ccccc1N=Nc1c(O)ccc2ccccc12. The van der Waals surface area contributed by atoms with Gasteiger partial charge in [0.1, 0.15) is 11.4 Å². The number of nitrogens with zero attached hydrogens (tertiary/aromatic N) is 2. The smallest absolute Gasteiger partial charge is 0.143 e. The van der Waals surface area contributed by atoms with E-state index >= 15 is 0 Å². The molecule has 21 heavy (non-hydrogen) atoms. The van der Waals surface area contributed by atoms with Gasteiger partial charge in [-0.3, -0.25) is 0 Å². The Hall–Kier alpha value is -2.68. The number of fused-ring (bicyclic) bond motifs is 1. The number of phenols is 1. The standard InChI is InChI=1S/C18H16N2O/c1-2-13-7-4-6-10-16(13)19-20-18-15-9-5-3-8-14(15)11-12-17(18)21/h3-12,21H,2H2,1H3. The van der Waals surface area contributed by atoms with Crippen LogP contribution < -0.4 is 0 Å². The quantitative estimate of drug-likeness (QED) is 0.628. The number of hydrogen-bond donors (Lipinski definition) is 1. The van der Waals surface area contributed by atoms with Gasteiger partial charge in [0.2, 0.25) is 0 Å². The molecule has 104 valence electrons. The molecule has 0 unspecified atom stereocenters. The molecule has 3 aromatic carbocycles. The van der Waals surface area contributed by atoms with Gasteiger partial charge in [-0.25, -0.2) is 0 Å². The molecule has 0 bridgehead atoms. The van der Waals surface area contributed by atoms with Crippen LogP contribution in [0, 0.1) is 0 Å². The van der Waals surface area contributed by atoms with Gasteiger partial charge in [-0.2, -0.15) is 5.11 Å². The third-order valence-corrected chi connectivity index (χ3v) is 3.51. The van der Waals surface area contributed by atoms with E-state index in [4.69, 9.17) is 0 Å². The monoisotopic (exact) mass is 276 g/mol. The second-order valence-corrected chi connectivity index (χ2v) is 4.84. The minimum Gasteiger partial charge on any atom is -0.506 e. The third kappa shape index (κ3) is 2.63. The van der Waals surface area contributed by atoms with E-state index in [-0.39, 0.29) is 5.75 Å². The normalized spacial score (nSPS) is 11.3. The van der Waals surface area contributed by atoms with E-state index in [1.165, 1.54) is 0 Å². The molecular weight excluding hydrogens is 260 g/mol. The predicted molar refractivity (Wildman–Crippen MR) is 85.6 cm³/mol. The Labute approximate surface area is 123 Å².